The molecule has 1 aliphatic rings. The number of para-hydroxylation sites is 1. The Kier molecular flexibility index (Phi) is 8.62. The van der Waals surface area contributed by atoms with Crippen LogP contribution in [-0.4, -0.2) is 48.9 Å². The molecule has 0 atom stereocenters. The quantitative estimate of drug-likeness (QED) is 0.251. The van der Waals surface area contributed by atoms with Gasteiger partial charge in [0, 0.05) is 11.4 Å². The molecule has 11 heteroatoms. The number of carbonyl (C=O) groups excluding carboxylic acids is 4. The Labute approximate surface area is 233 Å². The highest BCUT2D eigenvalue weighted by molar-refractivity contribution is 9.10. The molecule has 4 rings (SSSR count). The van der Waals surface area contributed by atoms with Gasteiger partial charge in [-0.05, 0) is 70.9 Å². The number of hydrogen-bond acceptors (Lipinski definition) is 6. The molecule has 0 aliphatic carbocycles. The number of rotatable bonds is 9. The minimum Gasteiger partial charge on any atom is -0.493 e. The molecule has 200 valence electrons. The molecule has 3 aromatic carbocycles. The van der Waals surface area contributed by atoms with Crippen LogP contribution < -0.4 is 25.4 Å². The SMILES string of the molecule is COc1cc(/C=C2/NC(=O)N(CC(=O)Nc3ccc(C)cc3)C2=O)cc(Br)c1OCC(=O)Nc1ccccc1. The number of amides is 5. The molecule has 1 heterocycles. The van der Waals surface area contributed by atoms with Crippen LogP contribution in [0.1, 0.15) is 11.1 Å². The first-order valence-electron chi connectivity index (χ1n) is 11.8. The average Bonchev–Trinajstić information content (AvgIpc) is 3.16. The van der Waals surface area contributed by atoms with Gasteiger partial charge in [-0.1, -0.05) is 35.9 Å². The molecule has 3 N–H and O–H groups in total. The van der Waals surface area contributed by atoms with Gasteiger partial charge in [-0.2, -0.15) is 0 Å². The van der Waals surface area contributed by atoms with E-state index in [4.69, 9.17) is 9.47 Å². The van der Waals surface area contributed by atoms with Crippen molar-refractivity contribution in [2.24, 2.45) is 0 Å². The van der Waals surface area contributed by atoms with Crippen LogP contribution >= 0.6 is 15.9 Å². The first-order chi connectivity index (χ1) is 18.7. The van der Waals surface area contributed by atoms with Crippen LogP contribution in [0.5, 0.6) is 11.5 Å². The Morgan fingerprint density at radius 3 is 2.33 bits per heavy atom. The largest absolute Gasteiger partial charge is 0.493 e. The average molecular weight is 593 g/mol. The molecule has 0 unspecified atom stereocenters. The predicted molar refractivity (Wildman–Crippen MR) is 149 cm³/mol. The van der Waals surface area contributed by atoms with E-state index in [2.05, 4.69) is 31.9 Å². The van der Waals surface area contributed by atoms with Crippen molar-refractivity contribution in [3.63, 3.8) is 0 Å². The molecule has 0 bridgehead atoms. The lowest BCUT2D eigenvalue weighted by molar-refractivity contribution is -0.127. The smallest absolute Gasteiger partial charge is 0.329 e. The number of halogens is 1. The third kappa shape index (κ3) is 7.02. The van der Waals surface area contributed by atoms with Gasteiger partial charge in [-0.25, -0.2) is 9.69 Å². The second-order valence-electron chi connectivity index (χ2n) is 8.53. The number of imide groups is 1. The number of ether oxygens (including phenoxy) is 2. The van der Waals surface area contributed by atoms with Crippen LogP contribution in [0.2, 0.25) is 0 Å². The zero-order valence-corrected chi connectivity index (χ0v) is 22.7. The van der Waals surface area contributed by atoms with Gasteiger partial charge < -0.3 is 25.4 Å². The van der Waals surface area contributed by atoms with E-state index in [0.717, 1.165) is 10.5 Å². The molecule has 3 aromatic rings. The molecule has 1 aliphatic heterocycles. The standard InChI is InChI=1S/C28H25BrN4O6/c1-17-8-10-20(11-9-17)30-24(34)15-33-27(36)22(32-28(33)37)13-18-12-21(29)26(23(14-18)38-2)39-16-25(35)31-19-6-4-3-5-7-19/h3-14H,15-16H2,1-2H3,(H,30,34)(H,31,35)(H,32,37)/b22-13+. The van der Waals surface area contributed by atoms with E-state index in [1.165, 1.54) is 13.2 Å². The highest BCUT2D eigenvalue weighted by atomic mass is 79.9. The van der Waals surface area contributed by atoms with Crippen molar-refractivity contribution in [3.05, 3.63) is 88.0 Å². The van der Waals surface area contributed by atoms with E-state index in [-0.39, 0.29) is 18.2 Å². The molecule has 0 radical (unpaired) electrons. The molecule has 39 heavy (non-hydrogen) atoms. The van der Waals surface area contributed by atoms with Crippen molar-refractivity contribution in [1.82, 2.24) is 10.2 Å². The van der Waals surface area contributed by atoms with E-state index in [1.54, 1.807) is 48.5 Å². The maximum Gasteiger partial charge on any atom is 0.329 e. The Morgan fingerprint density at radius 2 is 1.64 bits per heavy atom. The number of carbonyl (C=O) groups is 4. The van der Waals surface area contributed by atoms with Crippen LogP contribution in [0.25, 0.3) is 6.08 Å². The predicted octanol–water partition coefficient (Wildman–Crippen LogP) is 4.32. The lowest BCUT2D eigenvalue weighted by Crippen LogP contribution is -2.38. The number of urea groups is 1. The van der Waals surface area contributed by atoms with Crippen LogP contribution in [0.3, 0.4) is 0 Å². The van der Waals surface area contributed by atoms with E-state index in [1.807, 2.05) is 25.1 Å². The van der Waals surface area contributed by atoms with Gasteiger partial charge in [-0.15, -0.1) is 0 Å². The van der Waals surface area contributed by atoms with Crippen molar-refractivity contribution in [3.8, 4) is 11.5 Å². The zero-order chi connectivity index (χ0) is 27.9. The summed E-state index contributed by atoms with van der Waals surface area (Å²) < 4.78 is 11.6. The number of hydrogen-bond donors (Lipinski definition) is 3. The topological polar surface area (TPSA) is 126 Å². The lowest BCUT2D eigenvalue weighted by Gasteiger charge is -2.14. The third-order valence-electron chi connectivity index (χ3n) is 5.57. The minimum absolute atomic E-state index is 0.00648. The highest BCUT2D eigenvalue weighted by Gasteiger charge is 2.35. The summed E-state index contributed by atoms with van der Waals surface area (Å²) in [6.07, 6.45) is 1.46. The second-order valence-corrected chi connectivity index (χ2v) is 9.38. The Morgan fingerprint density at radius 1 is 0.974 bits per heavy atom. The number of anilines is 2. The van der Waals surface area contributed by atoms with Crippen molar-refractivity contribution in [2.45, 2.75) is 6.92 Å². The summed E-state index contributed by atoms with van der Waals surface area (Å²) in [5.74, 6) is -0.918. The number of nitrogens with zero attached hydrogens (tertiary/aromatic N) is 1. The first kappa shape index (κ1) is 27.4. The maximum absolute atomic E-state index is 12.9. The molecule has 1 saturated heterocycles. The summed E-state index contributed by atoms with van der Waals surface area (Å²) in [5, 5.41) is 7.89. The second kappa shape index (κ2) is 12.3. The van der Waals surface area contributed by atoms with Gasteiger partial charge in [0.05, 0.1) is 11.6 Å². The van der Waals surface area contributed by atoms with Crippen molar-refractivity contribution in [1.29, 1.82) is 0 Å². The van der Waals surface area contributed by atoms with Gasteiger partial charge in [0.15, 0.2) is 18.1 Å². The monoisotopic (exact) mass is 592 g/mol. The summed E-state index contributed by atoms with van der Waals surface area (Å²) in [5.41, 5.74) is 2.74. The zero-order valence-electron chi connectivity index (χ0n) is 21.1. The van der Waals surface area contributed by atoms with Gasteiger partial charge in [0.2, 0.25) is 5.91 Å². The molecule has 1 fully saturated rings. The van der Waals surface area contributed by atoms with E-state index < -0.39 is 24.4 Å². The van der Waals surface area contributed by atoms with Gasteiger partial charge >= 0.3 is 6.03 Å². The fraction of sp³-hybridized carbons (Fsp3) is 0.143. The highest BCUT2D eigenvalue weighted by Crippen LogP contribution is 2.37. The van der Waals surface area contributed by atoms with E-state index >= 15 is 0 Å². The number of methoxy groups -OCH3 is 1. The number of benzene rings is 3. The summed E-state index contributed by atoms with van der Waals surface area (Å²) in [6, 6.07) is 18.7. The summed E-state index contributed by atoms with van der Waals surface area (Å²) in [7, 11) is 1.44. The van der Waals surface area contributed by atoms with Gasteiger partial charge in [0.1, 0.15) is 12.2 Å². The van der Waals surface area contributed by atoms with Crippen molar-refractivity contribution < 1.29 is 28.7 Å². The van der Waals surface area contributed by atoms with Crippen LogP contribution in [-0.2, 0) is 14.4 Å². The molecule has 0 spiro atoms. The Hall–Kier alpha value is -4.64. The van der Waals surface area contributed by atoms with Gasteiger partial charge in [0.25, 0.3) is 11.8 Å². The van der Waals surface area contributed by atoms with E-state index in [9.17, 15) is 19.2 Å². The molecule has 5 amide bonds. The summed E-state index contributed by atoms with van der Waals surface area (Å²) in [6.45, 7) is 1.21. The molecular weight excluding hydrogens is 568 g/mol. The molecule has 10 nitrogen and oxygen atoms in total. The number of aryl methyl sites for hydroxylation is 1. The fourth-order valence-electron chi connectivity index (χ4n) is 3.68. The number of nitrogens with one attached hydrogen (secondary N) is 3. The summed E-state index contributed by atoms with van der Waals surface area (Å²) in [4.78, 5) is 50.8. The van der Waals surface area contributed by atoms with Crippen LogP contribution in [0.15, 0.2) is 76.9 Å². The van der Waals surface area contributed by atoms with Gasteiger partial charge in [-0.3, -0.25) is 14.4 Å². The molecule has 0 aromatic heterocycles. The van der Waals surface area contributed by atoms with E-state index in [0.29, 0.717) is 32.9 Å². The minimum atomic E-state index is -0.708. The van der Waals surface area contributed by atoms with Crippen LogP contribution in [0, 0.1) is 6.92 Å². The first-order valence-corrected chi connectivity index (χ1v) is 12.6. The van der Waals surface area contributed by atoms with Crippen LogP contribution in [0.4, 0.5) is 16.2 Å². The molecular formula is C28H25BrN4O6. The Bertz CT molecular complexity index is 1440. The third-order valence-corrected chi connectivity index (χ3v) is 6.16. The lowest BCUT2D eigenvalue weighted by atomic mass is 10.1. The maximum atomic E-state index is 12.9. The van der Waals surface area contributed by atoms with Crippen molar-refractivity contribution in [2.75, 3.05) is 30.9 Å². The summed E-state index contributed by atoms with van der Waals surface area (Å²) >= 11 is 3.41. The normalized spacial score (nSPS) is 13.7. The fourth-order valence-corrected chi connectivity index (χ4v) is 4.26. The van der Waals surface area contributed by atoms with Crippen molar-refractivity contribution >= 4 is 57.1 Å². The Balaban J connectivity index is 1.42. The molecule has 0 saturated carbocycles.